The number of nitrogens with one attached hydrogen (secondary N) is 1. The highest BCUT2D eigenvalue weighted by Gasteiger charge is 2.28. The maximum atomic E-state index is 10.4. The van der Waals surface area contributed by atoms with Crippen molar-refractivity contribution in [3.63, 3.8) is 0 Å². The number of nitrogens with zero attached hydrogens (tertiary/aromatic N) is 7. The van der Waals surface area contributed by atoms with Crippen LogP contribution in [0, 0.1) is 0 Å². The Morgan fingerprint density at radius 1 is 1.18 bits per heavy atom. The fourth-order valence-electron chi connectivity index (χ4n) is 4.65. The van der Waals surface area contributed by atoms with E-state index in [0.29, 0.717) is 29.2 Å². The highest BCUT2D eigenvalue weighted by molar-refractivity contribution is 6.31. The van der Waals surface area contributed by atoms with Crippen LogP contribution < -0.4 is 16.0 Å². The summed E-state index contributed by atoms with van der Waals surface area (Å²) in [5.74, 6) is 1.51. The van der Waals surface area contributed by atoms with E-state index < -0.39 is 5.60 Å². The molecule has 0 aliphatic carbocycles. The summed E-state index contributed by atoms with van der Waals surface area (Å²) in [7, 11) is 0. The number of nitrogens with two attached hydrogens (primary N) is 1. The predicted molar refractivity (Wildman–Crippen MR) is 150 cm³/mol. The first-order valence-electron chi connectivity index (χ1n) is 13.0. The summed E-state index contributed by atoms with van der Waals surface area (Å²) < 4.78 is 3.49. The van der Waals surface area contributed by atoms with Crippen molar-refractivity contribution in [1.29, 1.82) is 0 Å². The lowest BCUT2D eigenvalue weighted by atomic mass is 9.91. The number of rotatable bonds is 7. The SMILES string of the molecule is CC(C)c1cnn2c(NCc3c(Cl)cccc3-n3ccc(C(C)(C)O)n3)nc(N3CCC(C)(N)CC3)nc12. The van der Waals surface area contributed by atoms with Gasteiger partial charge in [0.25, 0.3) is 0 Å². The first kappa shape index (κ1) is 26.4. The second-order valence-corrected chi connectivity index (χ2v) is 11.7. The van der Waals surface area contributed by atoms with Crippen molar-refractivity contribution in [2.75, 3.05) is 23.3 Å². The van der Waals surface area contributed by atoms with Crippen LogP contribution in [0.5, 0.6) is 0 Å². The molecular formula is C27H36ClN9O. The van der Waals surface area contributed by atoms with Crippen molar-refractivity contribution in [1.82, 2.24) is 29.4 Å². The summed E-state index contributed by atoms with van der Waals surface area (Å²) in [6.07, 6.45) is 5.44. The molecule has 0 amide bonds. The molecule has 0 bridgehead atoms. The molecule has 4 aromatic rings. The largest absolute Gasteiger partial charge is 0.384 e. The molecule has 11 heteroatoms. The molecule has 4 N–H and O–H groups in total. The molecule has 0 spiro atoms. The van der Waals surface area contributed by atoms with Gasteiger partial charge in [-0.1, -0.05) is 31.5 Å². The molecule has 202 valence electrons. The third kappa shape index (κ3) is 5.21. The first-order valence-corrected chi connectivity index (χ1v) is 13.4. The van der Waals surface area contributed by atoms with Crippen molar-refractivity contribution < 1.29 is 5.11 Å². The van der Waals surface area contributed by atoms with E-state index in [1.165, 1.54) is 0 Å². The number of piperidine rings is 1. The van der Waals surface area contributed by atoms with Gasteiger partial charge < -0.3 is 21.1 Å². The Hall–Kier alpha value is -3.21. The van der Waals surface area contributed by atoms with Crippen LogP contribution in [0.4, 0.5) is 11.9 Å². The number of benzene rings is 1. The molecule has 4 heterocycles. The Morgan fingerprint density at radius 2 is 1.92 bits per heavy atom. The molecule has 1 aromatic carbocycles. The Labute approximate surface area is 227 Å². The summed E-state index contributed by atoms with van der Waals surface area (Å²) in [5, 5.41) is 23.6. The van der Waals surface area contributed by atoms with Gasteiger partial charge in [-0.25, -0.2) is 4.68 Å². The Bertz CT molecular complexity index is 1440. The summed E-state index contributed by atoms with van der Waals surface area (Å²) in [6.45, 7) is 11.8. The van der Waals surface area contributed by atoms with Crippen molar-refractivity contribution in [3.8, 4) is 5.69 Å². The van der Waals surface area contributed by atoms with E-state index in [2.05, 4.69) is 41.2 Å². The van der Waals surface area contributed by atoms with Gasteiger partial charge in [0.05, 0.1) is 17.6 Å². The summed E-state index contributed by atoms with van der Waals surface area (Å²) in [4.78, 5) is 12.0. The van der Waals surface area contributed by atoms with Crippen LogP contribution in [0.3, 0.4) is 0 Å². The quantitative estimate of drug-likeness (QED) is 0.320. The fourth-order valence-corrected chi connectivity index (χ4v) is 4.89. The fraction of sp³-hybridized carbons (Fsp3) is 0.481. The van der Waals surface area contributed by atoms with Gasteiger partial charge in [-0.15, -0.1) is 0 Å². The van der Waals surface area contributed by atoms with E-state index >= 15 is 0 Å². The molecule has 38 heavy (non-hydrogen) atoms. The smallest absolute Gasteiger partial charge is 0.230 e. The average Bonchev–Trinajstić information content (AvgIpc) is 3.51. The van der Waals surface area contributed by atoms with Gasteiger partial charge in [0.1, 0.15) is 5.60 Å². The van der Waals surface area contributed by atoms with Crippen LogP contribution >= 0.6 is 11.6 Å². The zero-order valence-corrected chi connectivity index (χ0v) is 23.4. The molecule has 3 aromatic heterocycles. The monoisotopic (exact) mass is 537 g/mol. The maximum Gasteiger partial charge on any atom is 0.230 e. The summed E-state index contributed by atoms with van der Waals surface area (Å²) in [5.41, 5.74) is 9.24. The second kappa shape index (κ2) is 9.83. The van der Waals surface area contributed by atoms with Crippen molar-refractivity contribution in [2.45, 2.75) is 71.1 Å². The van der Waals surface area contributed by atoms with Gasteiger partial charge in [-0.2, -0.15) is 24.7 Å². The third-order valence-electron chi connectivity index (χ3n) is 7.17. The van der Waals surface area contributed by atoms with Crippen LogP contribution in [0.25, 0.3) is 11.3 Å². The molecule has 1 aliphatic heterocycles. The number of hydrogen-bond donors (Lipinski definition) is 3. The molecule has 0 saturated carbocycles. The lowest BCUT2D eigenvalue weighted by Crippen LogP contribution is -2.48. The van der Waals surface area contributed by atoms with E-state index in [1.807, 2.05) is 30.6 Å². The number of fused-ring (bicyclic) bond motifs is 1. The van der Waals surface area contributed by atoms with E-state index in [0.717, 1.165) is 48.4 Å². The van der Waals surface area contributed by atoms with Crippen LogP contribution in [-0.4, -0.2) is 53.1 Å². The van der Waals surface area contributed by atoms with Crippen LogP contribution in [-0.2, 0) is 12.1 Å². The zero-order valence-electron chi connectivity index (χ0n) is 22.6. The van der Waals surface area contributed by atoms with Gasteiger partial charge in [-0.05, 0) is 57.7 Å². The van der Waals surface area contributed by atoms with E-state index in [4.69, 9.17) is 27.3 Å². The van der Waals surface area contributed by atoms with Gasteiger partial charge >= 0.3 is 0 Å². The van der Waals surface area contributed by atoms with Gasteiger partial charge in [0.2, 0.25) is 11.9 Å². The molecule has 0 radical (unpaired) electrons. The van der Waals surface area contributed by atoms with Crippen molar-refractivity contribution >= 4 is 29.1 Å². The van der Waals surface area contributed by atoms with Crippen molar-refractivity contribution in [3.05, 3.63) is 58.5 Å². The topological polar surface area (TPSA) is 122 Å². The van der Waals surface area contributed by atoms with Gasteiger partial charge in [0.15, 0.2) is 5.65 Å². The Balaban J connectivity index is 1.50. The lowest BCUT2D eigenvalue weighted by Gasteiger charge is -2.36. The minimum Gasteiger partial charge on any atom is -0.384 e. The Kier molecular flexibility index (Phi) is 6.83. The van der Waals surface area contributed by atoms with E-state index in [-0.39, 0.29) is 11.5 Å². The number of aliphatic hydroxyl groups is 1. The van der Waals surface area contributed by atoms with Gasteiger partial charge in [-0.3, -0.25) is 0 Å². The molecule has 1 aliphatic rings. The highest BCUT2D eigenvalue weighted by Crippen LogP contribution is 2.29. The molecule has 1 saturated heterocycles. The zero-order chi connectivity index (χ0) is 27.2. The van der Waals surface area contributed by atoms with E-state index in [1.54, 1.807) is 29.1 Å². The molecule has 10 nitrogen and oxygen atoms in total. The molecular weight excluding hydrogens is 502 g/mol. The number of aromatic nitrogens is 6. The number of anilines is 2. The lowest BCUT2D eigenvalue weighted by molar-refractivity contribution is 0.0734. The van der Waals surface area contributed by atoms with E-state index in [9.17, 15) is 5.11 Å². The predicted octanol–water partition coefficient (Wildman–Crippen LogP) is 4.24. The number of halogens is 1. The van der Waals surface area contributed by atoms with Crippen LogP contribution in [0.2, 0.25) is 5.02 Å². The minimum absolute atomic E-state index is 0.167. The minimum atomic E-state index is -1.05. The van der Waals surface area contributed by atoms with Gasteiger partial charge in [0, 0.05) is 47.5 Å². The summed E-state index contributed by atoms with van der Waals surface area (Å²) in [6, 6.07) is 7.50. The normalized spacial score (nSPS) is 16.0. The second-order valence-electron chi connectivity index (χ2n) is 11.3. The Morgan fingerprint density at radius 3 is 2.58 bits per heavy atom. The first-order chi connectivity index (χ1) is 17.9. The maximum absolute atomic E-state index is 10.4. The standard InChI is InChI=1S/C27H36ClN9O/c1-17(2)18-16-31-37-23(18)32-25(35-13-10-27(5,29)11-14-35)33-24(37)30-15-19-20(28)7-6-8-21(19)36-12-9-22(34-36)26(3,4)38/h6-9,12,16-17,38H,10-11,13-15,29H2,1-5H3,(H,30,32,33). The highest BCUT2D eigenvalue weighted by atomic mass is 35.5. The van der Waals surface area contributed by atoms with Crippen LogP contribution in [0.15, 0.2) is 36.7 Å². The summed E-state index contributed by atoms with van der Waals surface area (Å²) >= 11 is 6.68. The third-order valence-corrected chi connectivity index (χ3v) is 7.53. The molecule has 0 unspecified atom stereocenters. The number of hydrogen-bond acceptors (Lipinski definition) is 8. The average molecular weight is 538 g/mol. The molecule has 1 fully saturated rings. The van der Waals surface area contributed by atoms with Crippen LogP contribution in [0.1, 0.15) is 70.2 Å². The molecule has 5 rings (SSSR count). The van der Waals surface area contributed by atoms with Crippen molar-refractivity contribution in [2.24, 2.45) is 5.73 Å². The molecule has 0 atom stereocenters.